The monoisotopic (exact) mass is 277 g/mol. The normalized spacial score (nSPS) is 26.1. The van der Waals surface area contributed by atoms with Gasteiger partial charge in [0.25, 0.3) is 0 Å². The Morgan fingerprint density at radius 2 is 2.10 bits per heavy atom. The maximum Gasteiger partial charge on any atom is 0.319 e. The number of fused-ring (bicyclic) bond motifs is 1. The minimum Gasteiger partial charge on any atom is -0.331 e. The number of hydrogen-bond acceptors (Lipinski definition) is 3. The van der Waals surface area contributed by atoms with E-state index >= 15 is 0 Å². The highest BCUT2D eigenvalue weighted by Gasteiger charge is 2.44. The van der Waals surface area contributed by atoms with E-state index in [4.69, 9.17) is 0 Å². The van der Waals surface area contributed by atoms with E-state index in [-0.39, 0.29) is 6.03 Å². The average molecular weight is 277 g/mol. The van der Waals surface area contributed by atoms with Crippen LogP contribution < -0.4 is 0 Å². The molecule has 2 atom stereocenters. The van der Waals surface area contributed by atoms with Gasteiger partial charge in [-0.15, -0.1) is 0 Å². The lowest BCUT2D eigenvalue weighted by molar-refractivity contribution is 0.162. The Morgan fingerprint density at radius 1 is 1.35 bits per heavy atom. The molecular weight excluding hydrogens is 254 g/mol. The molecule has 0 bridgehead atoms. The molecule has 0 saturated carbocycles. The van der Waals surface area contributed by atoms with Crippen molar-refractivity contribution < 1.29 is 4.79 Å². The number of urea groups is 1. The van der Waals surface area contributed by atoms with Gasteiger partial charge in [-0.3, -0.25) is 9.58 Å². The highest BCUT2D eigenvalue weighted by Crippen LogP contribution is 2.32. The van der Waals surface area contributed by atoms with Crippen LogP contribution in [0.5, 0.6) is 0 Å². The van der Waals surface area contributed by atoms with Crippen molar-refractivity contribution in [1.82, 2.24) is 24.5 Å². The molecule has 0 spiro atoms. The third kappa shape index (κ3) is 2.28. The van der Waals surface area contributed by atoms with Crippen LogP contribution in [0, 0.1) is 0 Å². The summed E-state index contributed by atoms with van der Waals surface area (Å²) >= 11 is 0. The van der Waals surface area contributed by atoms with E-state index < -0.39 is 0 Å². The molecule has 0 radical (unpaired) electrons. The van der Waals surface area contributed by atoms with E-state index in [2.05, 4.69) is 16.2 Å². The van der Waals surface area contributed by atoms with Gasteiger partial charge in [0.05, 0.1) is 12.2 Å². The van der Waals surface area contributed by atoms with Gasteiger partial charge < -0.3 is 9.80 Å². The molecule has 6 nitrogen and oxygen atoms in total. The number of aromatic nitrogens is 2. The third-order valence-electron chi connectivity index (χ3n) is 4.46. The Labute approximate surface area is 119 Å². The fourth-order valence-electron chi connectivity index (χ4n) is 3.55. The molecule has 2 aliphatic rings. The molecule has 3 heterocycles. The Bertz CT molecular complexity index is 498. The zero-order valence-electron chi connectivity index (χ0n) is 12.5. The summed E-state index contributed by atoms with van der Waals surface area (Å²) < 4.78 is 1.85. The SMILES string of the molecule is CN(C)C(=O)N1CC[C@@H]2[C@H]1CCN2Cc1cnn(C)c1. The molecule has 0 N–H and O–H groups in total. The fourth-order valence-corrected chi connectivity index (χ4v) is 3.55. The zero-order valence-corrected chi connectivity index (χ0v) is 12.5. The maximum atomic E-state index is 12.2. The fraction of sp³-hybridized carbons (Fsp3) is 0.714. The van der Waals surface area contributed by atoms with Gasteiger partial charge in [-0.2, -0.15) is 5.10 Å². The molecule has 6 heteroatoms. The first-order chi connectivity index (χ1) is 9.56. The van der Waals surface area contributed by atoms with Crippen LogP contribution in [-0.2, 0) is 13.6 Å². The van der Waals surface area contributed by atoms with Crippen molar-refractivity contribution >= 4 is 6.03 Å². The third-order valence-corrected chi connectivity index (χ3v) is 4.46. The Hall–Kier alpha value is -1.56. The van der Waals surface area contributed by atoms with Gasteiger partial charge in [0.2, 0.25) is 0 Å². The molecule has 2 aliphatic heterocycles. The van der Waals surface area contributed by atoms with Crippen LogP contribution in [-0.4, -0.2) is 69.8 Å². The summed E-state index contributed by atoms with van der Waals surface area (Å²) in [5, 5.41) is 4.23. The number of aryl methyl sites for hydroxylation is 1. The Balaban J connectivity index is 1.66. The molecule has 0 aromatic carbocycles. The van der Waals surface area contributed by atoms with Crippen molar-refractivity contribution in [3.05, 3.63) is 18.0 Å². The number of amides is 2. The quantitative estimate of drug-likeness (QED) is 0.801. The van der Waals surface area contributed by atoms with E-state index in [1.54, 1.807) is 4.90 Å². The zero-order chi connectivity index (χ0) is 14.3. The second-order valence-electron chi connectivity index (χ2n) is 6.08. The second-order valence-corrected chi connectivity index (χ2v) is 6.08. The summed E-state index contributed by atoms with van der Waals surface area (Å²) in [6.45, 7) is 2.90. The summed E-state index contributed by atoms with van der Waals surface area (Å²) in [6.07, 6.45) is 6.19. The predicted octanol–water partition coefficient (Wildman–Crippen LogP) is 0.750. The molecule has 2 saturated heterocycles. The number of likely N-dealkylation sites (tertiary alicyclic amines) is 2. The molecule has 2 amide bonds. The number of carbonyl (C=O) groups is 1. The van der Waals surface area contributed by atoms with Crippen molar-refractivity contribution in [2.24, 2.45) is 7.05 Å². The lowest BCUT2D eigenvalue weighted by atomic mass is 10.1. The van der Waals surface area contributed by atoms with Crippen molar-refractivity contribution in [1.29, 1.82) is 0 Å². The number of rotatable bonds is 2. The van der Waals surface area contributed by atoms with Crippen LogP contribution >= 0.6 is 0 Å². The highest BCUT2D eigenvalue weighted by molar-refractivity contribution is 5.74. The smallest absolute Gasteiger partial charge is 0.319 e. The van der Waals surface area contributed by atoms with Crippen LogP contribution in [0.15, 0.2) is 12.4 Å². The predicted molar refractivity (Wildman–Crippen MR) is 76.2 cm³/mol. The van der Waals surface area contributed by atoms with Crippen LogP contribution in [0.25, 0.3) is 0 Å². The van der Waals surface area contributed by atoms with Crippen molar-refractivity contribution in [3.63, 3.8) is 0 Å². The molecule has 1 aromatic heterocycles. The van der Waals surface area contributed by atoms with Crippen molar-refractivity contribution in [2.45, 2.75) is 31.5 Å². The van der Waals surface area contributed by atoms with Gasteiger partial charge in [0.15, 0.2) is 0 Å². The standard InChI is InChI=1S/C14H23N5O/c1-16(2)14(20)19-7-5-12-13(19)4-6-18(12)10-11-8-15-17(3)9-11/h8-9,12-13H,4-7,10H2,1-3H3/t12-,13-/m1/s1. The minimum absolute atomic E-state index is 0.153. The van der Waals surface area contributed by atoms with Crippen molar-refractivity contribution in [3.8, 4) is 0 Å². The Morgan fingerprint density at radius 3 is 2.75 bits per heavy atom. The number of carbonyl (C=O) groups excluding carboxylic acids is 1. The summed E-state index contributed by atoms with van der Waals surface area (Å²) in [7, 11) is 5.61. The summed E-state index contributed by atoms with van der Waals surface area (Å²) in [6, 6.07) is 1.06. The minimum atomic E-state index is 0.153. The first-order valence-corrected chi connectivity index (χ1v) is 7.26. The number of nitrogens with zero attached hydrogens (tertiary/aromatic N) is 5. The van der Waals surface area contributed by atoms with Gasteiger partial charge in [0, 0.05) is 58.6 Å². The first-order valence-electron chi connectivity index (χ1n) is 7.26. The molecular formula is C14H23N5O. The van der Waals surface area contributed by atoms with Crippen LogP contribution in [0.4, 0.5) is 4.79 Å². The lowest BCUT2D eigenvalue weighted by Gasteiger charge is -2.27. The molecule has 0 aliphatic carbocycles. The topological polar surface area (TPSA) is 44.6 Å². The van der Waals surface area contributed by atoms with Gasteiger partial charge in [-0.1, -0.05) is 0 Å². The second kappa shape index (κ2) is 5.09. The largest absolute Gasteiger partial charge is 0.331 e. The van der Waals surface area contributed by atoms with Crippen LogP contribution in [0.2, 0.25) is 0 Å². The van der Waals surface area contributed by atoms with Crippen LogP contribution in [0.1, 0.15) is 18.4 Å². The molecule has 20 heavy (non-hydrogen) atoms. The maximum absolute atomic E-state index is 12.2. The van der Waals surface area contributed by atoms with E-state index in [0.29, 0.717) is 12.1 Å². The molecule has 3 rings (SSSR count). The van der Waals surface area contributed by atoms with Gasteiger partial charge in [0.1, 0.15) is 0 Å². The number of hydrogen-bond donors (Lipinski definition) is 0. The van der Waals surface area contributed by atoms with E-state index in [0.717, 1.165) is 32.5 Å². The van der Waals surface area contributed by atoms with Gasteiger partial charge in [-0.25, -0.2) is 4.79 Å². The molecule has 110 valence electrons. The van der Waals surface area contributed by atoms with E-state index in [9.17, 15) is 4.79 Å². The van der Waals surface area contributed by atoms with Crippen molar-refractivity contribution in [2.75, 3.05) is 27.2 Å². The highest BCUT2D eigenvalue weighted by atomic mass is 16.2. The van der Waals surface area contributed by atoms with Crippen LogP contribution in [0.3, 0.4) is 0 Å². The van der Waals surface area contributed by atoms with E-state index in [1.807, 2.05) is 36.9 Å². The first kappa shape index (κ1) is 13.4. The molecule has 2 fully saturated rings. The van der Waals surface area contributed by atoms with E-state index in [1.165, 1.54) is 5.56 Å². The molecule has 1 aromatic rings. The summed E-state index contributed by atoms with van der Waals surface area (Å²) in [4.78, 5) is 18.4. The summed E-state index contributed by atoms with van der Waals surface area (Å²) in [5.74, 6) is 0. The Kier molecular flexibility index (Phi) is 3.41. The average Bonchev–Trinajstić information content (AvgIpc) is 3.07. The summed E-state index contributed by atoms with van der Waals surface area (Å²) in [5.41, 5.74) is 1.26. The van der Waals surface area contributed by atoms with Gasteiger partial charge >= 0.3 is 6.03 Å². The lowest BCUT2D eigenvalue weighted by Crippen LogP contribution is -2.44. The molecule has 0 unspecified atom stereocenters. The van der Waals surface area contributed by atoms with Gasteiger partial charge in [-0.05, 0) is 12.8 Å².